The molecule has 0 amide bonds. The van der Waals surface area contributed by atoms with Crippen LogP contribution in [0.4, 0.5) is 10.1 Å². The molecule has 1 aliphatic heterocycles. The van der Waals surface area contributed by atoms with E-state index in [1.54, 1.807) is 6.07 Å². The van der Waals surface area contributed by atoms with Crippen molar-refractivity contribution in [2.24, 2.45) is 0 Å². The maximum Gasteiger partial charge on any atom is 0.146 e. The van der Waals surface area contributed by atoms with Gasteiger partial charge < -0.3 is 15.0 Å². The lowest BCUT2D eigenvalue weighted by atomic mass is 10.1. The van der Waals surface area contributed by atoms with Gasteiger partial charge >= 0.3 is 0 Å². The fourth-order valence-corrected chi connectivity index (χ4v) is 2.20. The van der Waals surface area contributed by atoms with Crippen LogP contribution in [0, 0.1) is 5.82 Å². The van der Waals surface area contributed by atoms with Crippen LogP contribution in [0.15, 0.2) is 18.2 Å². The number of ether oxygens (including phenoxy) is 1. The van der Waals surface area contributed by atoms with Crippen molar-refractivity contribution in [2.45, 2.75) is 32.9 Å². The Bertz CT molecular complexity index is 423. The number of anilines is 1. The Morgan fingerprint density at radius 2 is 1.95 bits per heavy atom. The lowest BCUT2D eigenvalue weighted by molar-refractivity contribution is 0.122. The summed E-state index contributed by atoms with van der Waals surface area (Å²) in [5.74, 6) is -0.143. The topological polar surface area (TPSA) is 24.5 Å². The van der Waals surface area contributed by atoms with Crippen LogP contribution in [-0.2, 0) is 11.3 Å². The van der Waals surface area contributed by atoms with Crippen LogP contribution >= 0.6 is 0 Å². The molecule has 0 saturated carbocycles. The molecule has 1 heterocycles. The van der Waals surface area contributed by atoms with Gasteiger partial charge in [-0.25, -0.2) is 4.39 Å². The van der Waals surface area contributed by atoms with E-state index >= 15 is 0 Å². The fraction of sp³-hybridized carbons (Fsp3) is 0.600. The predicted octanol–water partition coefficient (Wildman–Crippen LogP) is 2.55. The molecule has 1 aromatic rings. The first kappa shape index (κ1) is 14.3. The normalized spacial score (nSPS) is 16.7. The van der Waals surface area contributed by atoms with Gasteiger partial charge in [0.2, 0.25) is 0 Å². The molecule has 1 fully saturated rings. The van der Waals surface area contributed by atoms with E-state index in [2.05, 4.69) is 31.0 Å². The van der Waals surface area contributed by atoms with Crippen molar-refractivity contribution in [1.29, 1.82) is 0 Å². The van der Waals surface area contributed by atoms with E-state index in [9.17, 15) is 4.39 Å². The number of rotatable bonds is 3. The molecule has 1 aromatic carbocycles. The van der Waals surface area contributed by atoms with Gasteiger partial charge in [-0.2, -0.15) is 0 Å². The van der Waals surface area contributed by atoms with E-state index in [1.165, 1.54) is 6.07 Å². The second kappa shape index (κ2) is 5.88. The SMILES string of the molecule is CC(C)(C)NCc1cccc(F)c1N1CCOCC1. The maximum absolute atomic E-state index is 14.1. The molecule has 2 rings (SSSR count). The minimum Gasteiger partial charge on any atom is -0.378 e. The van der Waals surface area contributed by atoms with Gasteiger partial charge in [0.05, 0.1) is 18.9 Å². The second-order valence-corrected chi connectivity index (χ2v) is 5.95. The maximum atomic E-state index is 14.1. The molecule has 4 heteroatoms. The van der Waals surface area contributed by atoms with Gasteiger partial charge in [0, 0.05) is 25.2 Å². The minimum atomic E-state index is -0.143. The van der Waals surface area contributed by atoms with Gasteiger partial charge in [-0.3, -0.25) is 0 Å². The lowest BCUT2D eigenvalue weighted by Crippen LogP contribution is -2.39. The Morgan fingerprint density at radius 3 is 2.58 bits per heavy atom. The lowest BCUT2D eigenvalue weighted by Gasteiger charge is -2.31. The van der Waals surface area contributed by atoms with Crippen molar-refractivity contribution in [2.75, 3.05) is 31.2 Å². The first-order valence-electron chi connectivity index (χ1n) is 6.82. The zero-order valence-corrected chi connectivity index (χ0v) is 12.0. The summed E-state index contributed by atoms with van der Waals surface area (Å²) < 4.78 is 19.5. The summed E-state index contributed by atoms with van der Waals surface area (Å²) in [7, 11) is 0. The van der Waals surface area contributed by atoms with Crippen LogP contribution in [0.25, 0.3) is 0 Å². The smallest absolute Gasteiger partial charge is 0.146 e. The van der Waals surface area contributed by atoms with Gasteiger partial charge in [-0.1, -0.05) is 12.1 Å². The van der Waals surface area contributed by atoms with Crippen molar-refractivity contribution in [3.63, 3.8) is 0 Å². The third kappa shape index (κ3) is 3.91. The Balaban J connectivity index is 2.20. The first-order chi connectivity index (χ1) is 8.97. The molecule has 19 heavy (non-hydrogen) atoms. The quantitative estimate of drug-likeness (QED) is 0.910. The molecule has 106 valence electrons. The number of nitrogens with zero attached hydrogens (tertiary/aromatic N) is 1. The van der Waals surface area contributed by atoms with Crippen molar-refractivity contribution < 1.29 is 9.13 Å². The predicted molar refractivity (Wildman–Crippen MR) is 76.0 cm³/mol. The molecular formula is C15H23FN2O. The second-order valence-electron chi connectivity index (χ2n) is 5.95. The molecule has 0 spiro atoms. The van der Waals surface area contributed by atoms with Crippen molar-refractivity contribution in [3.8, 4) is 0 Å². The number of hydrogen-bond acceptors (Lipinski definition) is 3. The van der Waals surface area contributed by atoms with Crippen molar-refractivity contribution in [1.82, 2.24) is 5.32 Å². The zero-order valence-electron chi connectivity index (χ0n) is 12.0. The van der Waals surface area contributed by atoms with Crippen LogP contribution in [0.3, 0.4) is 0 Å². The third-order valence-electron chi connectivity index (χ3n) is 3.21. The van der Waals surface area contributed by atoms with E-state index in [0.717, 1.165) is 24.3 Å². The molecule has 1 saturated heterocycles. The van der Waals surface area contributed by atoms with E-state index in [-0.39, 0.29) is 11.4 Å². The summed E-state index contributed by atoms with van der Waals surface area (Å²) in [5, 5.41) is 3.42. The average molecular weight is 266 g/mol. The molecule has 0 atom stereocenters. The van der Waals surface area contributed by atoms with Crippen LogP contribution in [0.5, 0.6) is 0 Å². The van der Waals surface area contributed by atoms with E-state index in [4.69, 9.17) is 4.74 Å². The van der Waals surface area contributed by atoms with Crippen LogP contribution < -0.4 is 10.2 Å². The number of nitrogens with one attached hydrogen (secondary N) is 1. The summed E-state index contributed by atoms with van der Waals surface area (Å²) >= 11 is 0. The summed E-state index contributed by atoms with van der Waals surface area (Å²) in [6.45, 7) is 9.85. The summed E-state index contributed by atoms with van der Waals surface area (Å²) in [5.41, 5.74) is 1.76. The molecule has 0 aromatic heterocycles. The molecule has 0 aliphatic carbocycles. The standard InChI is InChI=1S/C15H23FN2O/c1-15(2,3)17-11-12-5-4-6-13(16)14(12)18-7-9-19-10-8-18/h4-6,17H,7-11H2,1-3H3. The van der Waals surface area contributed by atoms with Crippen LogP contribution in [-0.4, -0.2) is 31.8 Å². The van der Waals surface area contributed by atoms with E-state index in [0.29, 0.717) is 19.8 Å². The Morgan fingerprint density at radius 1 is 1.26 bits per heavy atom. The monoisotopic (exact) mass is 266 g/mol. The molecule has 3 nitrogen and oxygen atoms in total. The number of morpholine rings is 1. The summed E-state index contributed by atoms with van der Waals surface area (Å²) in [6, 6.07) is 5.30. The molecule has 1 aliphatic rings. The van der Waals surface area contributed by atoms with Gasteiger partial charge in [-0.05, 0) is 32.4 Å². The molecule has 0 bridgehead atoms. The molecule has 0 radical (unpaired) electrons. The summed E-state index contributed by atoms with van der Waals surface area (Å²) in [4.78, 5) is 2.08. The van der Waals surface area contributed by atoms with Crippen LogP contribution in [0.1, 0.15) is 26.3 Å². The number of hydrogen-bond donors (Lipinski definition) is 1. The minimum absolute atomic E-state index is 0.0224. The highest BCUT2D eigenvalue weighted by atomic mass is 19.1. The van der Waals surface area contributed by atoms with Gasteiger partial charge in [0.25, 0.3) is 0 Å². The van der Waals surface area contributed by atoms with Crippen LogP contribution in [0.2, 0.25) is 0 Å². The zero-order chi connectivity index (χ0) is 13.9. The highest BCUT2D eigenvalue weighted by Crippen LogP contribution is 2.25. The molecular weight excluding hydrogens is 243 g/mol. The third-order valence-corrected chi connectivity index (χ3v) is 3.21. The molecule has 1 N–H and O–H groups in total. The van der Waals surface area contributed by atoms with Gasteiger partial charge in [0.1, 0.15) is 5.82 Å². The highest BCUT2D eigenvalue weighted by Gasteiger charge is 2.19. The van der Waals surface area contributed by atoms with Gasteiger partial charge in [-0.15, -0.1) is 0 Å². The molecule has 0 unspecified atom stereocenters. The fourth-order valence-electron chi connectivity index (χ4n) is 2.20. The van der Waals surface area contributed by atoms with Gasteiger partial charge in [0.15, 0.2) is 0 Å². The average Bonchev–Trinajstić information content (AvgIpc) is 2.36. The largest absolute Gasteiger partial charge is 0.378 e. The Kier molecular flexibility index (Phi) is 4.42. The summed E-state index contributed by atoms with van der Waals surface area (Å²) in [6.07, 6.45) is 0. The number of halogens is 1. The Labute approximate surface area is 114 Å². The highest BCUT2D eigenvalue weighted by molar-refractivity contribution is 5.55. The first-order valence-corrected chi connectivity index (χ1v) is 6.82. The van der Waals surface area contributed by atoms with Crippen molar-refractivity contribution in [3.05, 3.63) is 29.6 Å². The number of benzene rings is 1. The number of para-hydroxylation sites is 1. The van der Waals surface area contributed by atoms with E-state index in [1.807, 2.05) is 6.07 Å². The van der Waals surface area contributed by atoms with Crippen molar-refractivity contribution >= 4 is 5.69 Å². The van der Waals surface area contributed by atoms with E-state index < -0.39 is 0 Å². The Hall–Kier alpha value is -1.13.